The number of ether oxygens (including phenoxy) is 1. The van der Waals surface area contributed by atoms with Crippen molar-refractivity contribution < 1.29 is 19.1 Å². The number of nitrogens with zero attached hydrogens (tertiary/aromatic N) is 2. The average molecular weight is 352 g/mol. The molecule has 0 saturated heterocycles. The van der Waals surface area contributed by atoms with Gasteiger partial charge in [0.15, 0.2) is 0 Å². The van der Waals surface area contributed by atoms with Gasteiger partial charge < -0.3 is 9.64 Å². The maximum atomic E-state index is 12.6. The molecule has 0 fully saturated rings. The molecule has 2 aromatic carbocycles. The van der Waals surface area contributed by atoms with Gasteiger partial charge in [-0.2, -0.15) is 0 Å². The highest BCUT2D eigenvalue weighted by Crippen LogP contribution is 2.23. The summed E-state index contributed by atoms with van der Waals surface area (Å²) in [6.45, 7) is 2.72. The molecule has 0 unspecified atom stereocenters. The van der Waals surface area contributed by atoms with Crippen LogP contribution in [-0.2, 0) is 0 Å². The molecule has 26 heavy (non-hydrogen) atoms. The van der Waals surface area contributed by atoms with Crippen LogP contribution in [0.3, 0.4) is 0 Å². The predicted octanol–water partition coefficient (Wildman–Crippen LogP) is 2.37. The first-order valence-corrected chi connectivity index (χ1v) is 8.30. The SMILES string of the molecule is Cc1ccccc1OCCN(C)C(=O)c1ccc2c(c1)C(=O)N(C)C2=O. The number of hydrogen-bond donors (Lipinski definition) is 0. The smallest absolute Gasteiger partial charge is 0.261 e. The van der Waals surface area contributed by atoms with Crippen molar-refractivity contribution in [1.29, 1.82) is 0 Å². The van der Waals surface area contributed by atoms with Crippen molar-refractivity contribution in [2.24, 2.45) is 0 Å². The number of hydrogen-bond acceptors (Lipinski definition) is 4. The Bertz CT molecular complexity index is 891. The highest BCUT2D eigenvalue weighted by Gasteiger charge is 2.33. The third-order valence-corrected chi connectivity index (χ3v) is 4.46. The van der Waals surface area contributed by atoms with Gasteiger partial charge in [-0.1, -0.05) is 18.2 Å². The summed E-state index contributed by atoms with van der Waals surface area (Å²) < 4.78 is 5.71. The van der Waals surface area contributed by atoms with Crippen molar-refractivity contribution in [3.05, 3.63) is 64.7 Å². The number of para-hydroxylation sites is 1. The van der Waals surface area contributed by atoms with E-state index >= 15 is 0 Å². The van der Waals surface area contributed by atoms with Gasteiger partial charge in [0, 0.05) is 19.7 Å². The topological polar surface area (TPSA) is 66.9 Å². The third-order valence-electron chi connectivity index (χ3n) is 4.46. The lowest BCUT2D eigenvalue weighted by Gasteiger charge is -2.18. The molecule has 6 nitrogen and oxygen atoms in total. The molecule has 0 atom stereocenters. The minimum atomic E-state index is -0.384. The Hall–Kier alpha value is -3.15. The molecule has 0 bridgehead atoms. The van der Waals surface area contributed by atoms with E-state index in [9.17, 15) is 14.4 Å². The second kappa shape index (κ2) is 7.00. The minimum Gasteiger partial charge on any atom is -0.491 e. The van der Waals surface area contributed by atoms with Crippen molar-refractivity contribution in [2.75, 3.05) is 27.2 Å². The fraction of sp³-hybridized carbons (Fsp3) is 0.250. The van der Waals surface area contributed by atoms with Gasteiger partial charge in [0.1, 0.15) is 12.4 Å². The van der Waals surface area contributed by atoms with E-state index in [2.05, 4.69) is 0 Å². The van der Waals surface area contributed by atoms with Crippen LogP contribution in [0, 0.1) is 6.92 Å². The molecule has 1 aliphatic rings. The quantitative estimate of drug-likeness (QED) is 0.775. The minimum absolute atomic E-state index is 0.226. The average Bonchev–Trinajstić information content (AvgIpc) is 2.86. The van der Waals surface area contributed by atoms with E-state index in [-0.39, 0.29) is 23.3 Å². The normalized spacial score (nSPS) is 13.0. The number of benzene rings is 2. The van der Waals surface area contributed by atoms with Gasteiger partial charge in [0.25, 0.3) is 17.7 Å². The van der Waals surface area contributed by atoms with E-state index in [1.54, 1.807) is 13.1 Å². The molecule has 0 saturated carbocycles. The molecule has 0 N–H and O–H groups in total. The van der Waals surface area contributed by atoms with Crippen molar-refractivity contribution in [3.63, 3.8) is 0 Å². The zero-order valence-electron chi connectivity index (χ0n) is 15.0. The summed E-state index contributed by atoms with van der Waals surface area (Å²) in [6.07, 6.45) is 0. The zero-order valence-corrected chi connectivity index (χ0v) is 15.0. The number of imide groups is 1. The van der Waals surface area contributed by atoms with Crippen LogP contribution >= 0.6 is 0 Å². The van der Waals surface area contributed by atoms with Crippen LogP contribution in [0.15, 0.2) is 42.5 Å². The number of likely N-dealkylation sites (N-methyl/N-ethyl adjacent to an activating group) is 1. The first-order valence-electron chi connectivity index (χ1n) is 8.30. The van der Waals surface area contributed by atoms with Crippen LogP contribution in [0.2, 0.25) is 0 Å². The van der Waals surface area contributed by atoms with Crippen molar-refractivity contribution in [1.82, 2.24) is 9.80 Å². The van der Waals surface area contributed by atoms with Crippen molar-refractivity contribution in [3.8, 4) is 5.75 Å². The maximum absolute atomic E-state index is 12.6. The lowest BCUT2D eigenvalue weighted by Crippen LogP contribution is -2.31. The van der Waals surface area contributed by atoms with Crippen LogP contribution in [0.1, 0.15) is 36.6 Å². The summed E-state index contributed by atoms with van der Waals surface area (Å²) in [5.74, 6) is -0.164. The number of aryl methyl sites for hydroxylation is 1. The second-order valence-corrected chi connectivity index (χ2v) is 6.27. The first kappa shape index (κ1) is 17.7. The summed E-state index contributed by atoms with van der Waals surface area (Å²) >= 11 is 0. The van der Waals surface area contributed by atoms with Gasteiger partial charge >= 0.3 is 0 Å². The molecule has 0 aromatic heterocycles. The van der Waals surface area contributed by atoms with Gasteiger partial charge in [-0.05, 0) is 36.8 Å². The Balaban J connectivity index is 1.65. The highest BCUT2D eigenvalue weighted by atomic mass is 16.5. The van der Waals surface area contributed by atoms with Crippen LogP contribution in [0.25, 0.3) is 0 Å². The van der Waals surface area contributed by atoms with E-state index in [1.165, 1.54) is 24.1 Å². The van der Waals surface area contributed by atoms with Crippen molar-refractivity contribution >= 4 is 17.7 Å². The molecule has 0 aliphatic carbocycles. The van der Waals surface area contributed by atoms with Crippen LogP contribution in [0.5, 0.6) is 5.75 Å². The first-order chi connectivity index (χ1) is 12.4. The predicted molar refractivity (Wildman–Crippen MR) is 96.5 cm³/mol. The van der Waals surface area contributed by atoms with Gasteiger partial charge in [-0.15, -0.1) is 0 Å². The van der Waals surface area contributed by atoms with Crippen LogP contribution in [-0.4, -0.2) is 54.8 Å². The Kier molecular flexibility index (Phi) is 4.75. The Labute approximate surface area is 152 Å². The maximum Gasteiger partial charge on any atom is 0.261 e. The van der Waals surface area contributed by atoms with Gasteiger partial charge in [0.05, 0.1) is 17.7 Å². The van der Waals surface area contributed by atoms with E-state index in [0.29, 0.717) is 24.3 Å². The number of rotatable bonds is 5. The molecular weight excluding hydrogens is 332 g/mol. The monoisotopic (exact) mass is 352 g/mol. The van der Waals surface area contributed by atoms with Crippen LogP contribution < -0.4 is 4.74 Å². The Morgan fingerprint density at radius 1 is 1.08 bits per heavy atom. The summed E-state index contributed by atoms with van der Waals surface area (Å²) in [5, 5.41) is 0. The number of carbonyl (C=O) groups excluding carboxylic acids is 3. The van der Waals surface area contributed by atoms with Crippen molar-refractivity contribution in [2.45, 2.75) is 6.92 Å². The molecule has 1 heterocycles. The van der Waals surface area contributed by atoms with E-state index in [0.717, 1.165) is 16.2 Å². The number of fused-ring (bicyclic) bond motifs is 1. The Morgan fingerprint density at radius 2 is 1.77 bits per heavy atom. The zero-order chi connectivity index (χ0) is 18.8. The lowest BCUT2D eigenvalue weighted by molar-refractivity contribution is 0.0692. The molecule has 3 amide bonds. The summed E-state index contributed by atoms with van der Waals surface area (Å²) in [5.41, 5.74) is 2.01. The molecule has 0 radical (unpaired) electrons. The molecular formula is C20H20N2O4. The summed E-state index contributed by atoms with van der Waals surface area (Å²) in [7, 11) is 3.11. The fourth-order valence-corrected chi connectivity index (χ4v) is 2.83. The van der Waals surface area contributed by atoms with E-state index in [4.69, 9.17) is 4.74 Å². The highest BCUT2D eigenvalue weighted by molar-refractivity contribution is 6.21. The molecule has 134 valence electrons. The second-order valence-electron chi connectivity index (χ2n) is 6.27. The van der Waals surface area contributed by atoms with Crippen LogP contribution in [0.4, 0.5) is 0 Å². The van der Waals surface area contributed by atoms with Gasteiger partial charge in [0.2, 0.25) is 0 Å². The summed E-state index contributed by atoms with van der Waals surface area (Å²) in [4.78, 5) is 39.2. The molecule has 1 aliphatic heterocycles. The standard InChI is InChI=1S/C20H20N2O4/c1-13-6-4-5-7-17(13)26-11-10-21(2)18(23)14-8-9-15-16(12-14)20(25)22(3)19(15)24/h4-9,12H,10-11H2,1-3H3. The lowest BCUT2D eigenvalue weighted by atomic mass is 10.1. The molecule has 3 rings (SSSR count). The largest absolute Gasteiger partial charge is 0.491 e. The number of carbonyl (C=O) groups is 3. The van der Waals surface area contributed by atoms with Gasteiger partial charge in [-0.25, -0.2) is 0 Å². The Morgan fingerprint density at radius 3 is 2.50 bits per heavy atom. The number of amides is 3. The van der Waals surface area contributed by atoms with Gasteiger partial charge in [-0.3, -0.25) is 19.3 Å². The van der Waals surface area contributed by atoms with E-state index in [1.807, 2.05) is 31.2 Å². The van der Waals surface area contributed by atoms with E-state index < -0.39 is 0 Å². The fourth-order valence-electron chi connectivity index (χ4n) is 2.83. The summed E-state index contributed by atoms with van der Waals surface area (Å²) in [6, 6.07) is 12.3. The molecule has 2 aromatic rings. The molecule has 6 heteroatoms. The molecule has 0 spiro atoms. The third kappa shape index (κ3) is 3.18.